The summed E-state index contributed by atoms with van der Waals surface area (Å²) >= 11 is 3.13. The lowest BCUT2D eigenvalue weighted by Crippen LogP contribution is -2.18. The van der Waals surface area contributed by atoms with Gasteiger partial charge in [-0.15, -0.1) is 0 Å². The molecule has 3 nitrogen and oxygen atoms in total. The van der Waals surface area contributed by atoms with E-state index >= 15 is 0 Å². The number of aromatic nitrogens is 2. The minimum atomic E-state index is -0.0486. The molecule has 0 bridgehead atoms. The number of nitrogens with zero attached hydrogens (tertiary/aromatic N) is 2. The van der Waals surface area contributed by atoms with Crippen LogP contribution in [0.5, 0.6) is 0 Å². The summed E-state index contributed by atoms with van der Waals surface area (Å²) in [4.78, 5) is 15.0. The van der Waals surface area contributed by atoms with E-state index in [1.165, 1.54) is 10.9 Å². The van der Waals surface area contributed by atoms with Crippen molar-refractivity contribution in [3.63, 3.8) is 0 Å². The van der Waals surface area contributed by atoms with E-state index in [1.54, 1.807) is 14.0 Å². The Labute approximate surface area is 66.8 Å². The summed E-state index contributed by atoms with van der Waals surface area (Å²) in [6, 6.07) is 0. The highest BCUT2D eigenvalue weighted by Gasteiger charge is 2.00. The predicted molar refractivity (Wildman–Crippen MR) is 41.9 cm³/mol. The number of halogens is 1. The summed E-state index contributed by atoms with van der Waals surface area (Å²) in [6.07, 6.45) is 1.50. The lowest BCUT2D eigenvalue weighted by molar-refractivity contribution is 0.805. The normalized spacial score (nSPS) is 9.90. The number of aryl methyl sites for hydroxylation is 2. The molecular weight excluding hydrogens is 196 g/mol. The summed E-state index contributed by atoms with van der Waals surface area (Å²) in [5.41, 5.74) is 0.676. The fourth-order valence-corrected chi connectivity index (χ4v) is 0.974. The van der Waals surface area contributed by atoms with Crippen LogP contribution in [0.25, 0.3) is 0 Å². The van der Waals surface area contributed by atoms with Crippen molar-refractivity contribution < 1.29 is 0 Å². The lowest BCUT2D eigenvalue weighted by atomic mass is 10.4. The third kappa shape index (κ3) is 1.11. The van der Waals surface area contributed by atoms with Crippen LogP contribution in [0.3, 0.4) is 0 Å². The largest absolute Gasteiger partial charge is 0.301 e. The molecule has 0 saturated heterocycles. The summed E-state index contributed by atoms with van der Waals surface area (Å²) in [5.74, 6) is 0. The van der Waals surface area contributed by atoms with Crippen LogP contribution in [-0.4, -0.2) is 9.55 Å². The molecule has 0 aliphatic rings. The highest BCUT2D eigenvalue weighted by Crippen LogP contribution is 2.04. The molecule has 1 heterocycles. The smallest absolute Gasteiger partial charge is 0.267 e. The van der Waals surface area contributed by atoms with Gasteiger partial charge in [0.05, 0.1) is 12.0 Å². The summed E-state index contributed by atoms with van der Waals surface area (Å²) in [7, 11) is 1.67. The van der Waals surface area contributed by atoms with Crippen molar-refractivity contribution in [3.05, 3.63) is 26.8 Å². The molecule has 0 radical (unpaired) electrons. The predicted octanol–water partition coefficient (Wildman–Crippen LogP) is 0.851. The van der Waals surface area contributed by atoms with Crippen molar-refractivity contribution in [2.45, 2.75) is 6.92 Å². The highest BCUT2D eigenvalue weighted by molar-refractivity contribution is 9.10. The third-order valence-corrected chi connectivity index (χ3v) is 2.16. The van der Waals surface area contributed by atoms with Crippen LogP contribution in [0.2, 0.25) is 0 Å². The molecule has 1 aromatic rings. The van der Waals surface area contributed by atoms with Gasteiger partial charge in [-0.05, 0) is 22.9 Å². The molecule has 1 rings (SSSR count). The van der Waals surface area contributed by atoms with Crippen LogP contribution in [0, 0.1) is 6.92 Å². The van der Waals surface area contributed by atoms with Gasteiger partial charge >= 0.3 is 0 Å². The molecule has 0 unspecified atom stereocenters. The van der Waals surface area contributed by atoms with Gasteiger partial charge in [0.1, 0.15) is 4.47 Å². The van der Waals surface area contributed by atoms with Gasteiger partial charge in [-0.3, -0.25) is 4.79 Å². The van der Waals surface area contributed by atoms with E-state index in [2.05, 4.69) is 20.9 Å². The summed E-state index contributed by atoms with van der Waals surface area (Å²) < 4.78 is 1.97. The van der Waals surface area contributed by atoms with Gasteiger partial charge < -0.3 is 4.57 Å². The van der Waals surface area contributed by atoms with Crippen molar-refractivity contribution in [1.29, 1.82) is 0 Å². The maximum atomic E-state index is 11.1. The maximum absolute atomic E-state index is 11.1. The van der Waals surface area contributed by atoms with E-state index in [0.29, 0.717) is 4.47 Å². The van der Waals surface area contributed by atoms with Gasteiger partial charge in [0.25, 0.3) is 5.56 Å². The second-order valence-corrected chi connectivity index (χ2v) is 2.85. The van der Waals surface area contributed by atoms with Gasteiger partial charge in [-0.25, -0.2) is 4.98 Å². The maximum Gasteiger partial charge on any atom is 0.267 e. The average molecular weight is 203 g/mol. The fraction of sp³-hybridized carbons (Fsp3) is 0.333. The monoisotopic (exact) mass is 202 g/mol. The molecule has 0 fully saturated rings. The molecule has 0 aromatic carbocycles. The Morgan fingerprint density at radius 2 is 2.30 bits per heavy atom. The van der Waals surface area contributed by atoms with E-state index in [0.717, 1.165) is 5.69 Å². The quantitative estimate of drug-likeness (QED) is 0.626. The van der Waals surface area contributed by atoms with Crippen LogP contribution >= 0.6 is 15.9 Å². The molecule has 10 heavy (non-hydrogen) atoms. The van der Waals surface area contributed by atoms with Gasteiger partial charge in [0, 0.05) is 7.05 Å². The zero-order valence-electron chi connectivity index (χ0n) is 5.76. The molecule has 0 aliphatic carbocycles. The summed E-state index contributed by atoms with van der Waals surface area (Å²) in [5, 5.41) is 0. The number of rotatable bonds is 0. The Balaban J connectivity index is 3.50. The molecule has 0 amide bonds. The average Bonchev–Trinajstić information content (AvgIpc) is 1.93. The topological polar surface area (TPSA) is 34.9 Å². The Morgan fingerprint density at radius 1 is 1.70 bits per heavy atom. The lowest BCUT2D eigenvalue weighted by Gasteiger charge is -1.97. The number of hydrogen-bond acceptors (Lipinski definition) is 2. The minimum Gasteiger partial charge on any atom is -0.301 e. The van der Waals surface area contributed by atoms with Crippen LogP contribution < -0.4 is 5.56 Å². The van der Waals surface area contributed by atoms with Crippen molar-refractivity contribution in [2.24, 2.45) is 7.05 Å². The van der Waals surface area contributed by atoms with Gasteiger partial charge in [0.2, 0.25) is 0 Å². The van der Waals surface area contributed by atoms with Crippen molar-refractivity contribution in [3.8, 4) is 0 Å². The Morgan fingerprint density at radius 3 is 2.80 bits per heavy atom. The second kappa shape index (κ2) is 2.54. The van der Waals surface area contributed by atoms with E-state index in [1.807, 2.05) is 0 Å². The highest BCUT2D eigenvalue weighted by atomic mass is 79.9. The molecule has 0 spiro atoms. The molecular formula is C6H7BrN2O. The van der Waals surface area contributed by atoms with E-state index in [-0.39, 0.29) is 5.56 Å². The molecule has 4 heteroatoms. The summed E-state index contributed by atoms with van der Waals surface area (Å²) in [6.45, 7) is 1.78. The van der Waals surface area contributed by atoms with Gasteiger partial charge in [0.15, 0.2) is 0 Å². The first-order valence-corrected chi connectivity index (χ1v) is 3.60. The second-order valence-electron chi connectivity index (χ2n) is 2.06. The molecule has 0 aliphatic heterocycles. The van der Waals surface area contributed by atoms with Gasteiger partial charge in [-0.2, -0.15) is 0 Å². The standard InChI is InChI=1S/C6H7BrN2O/c1-4-5(7)6(10)9(2)3-8-4/h3H,1-2H3. The first kappa shape index (κ1) is 7.47. The molecule has 54 valence electrons. The van der Waals surface area contributed by atoms with Gasteiger partial charge in [-0.1, -0.05) is 0 Å². The van der Waals surface area contributed by atoms with E-state index < -0.39 is 0 Å². The van der Waals surface area contributed by atoms with Crippen LogP contribution in [0.4, 0.5) is 0 Å². The zero-order valence-corrected chi connectivity index (χ0v) is 7.34. The third-order valence-electron chi connectivity index (χ3n) is 1.25. The first-order chi connectivity index (χ1) is 4.63. The van der Waals surface area contributed by atoms with Crippen LogP contribution in [0.15, 0.2) is 15.6 Å². The fourth-order valence-electron chi connectivity index (χ4n) is 0.592. The van der Waals surface area contributed by atoms with E-state index in [4.69, 9.17) is 0 Å². The molecule has 0 N–H and O–H groups in total. The Bertz CT molecular complexity index is 305. The zero-order chi connectivity index (χ0) is 7.72. The van der Waals surface area contributed by atoms with Crippen molar-refractivity contribution in [2.75, 3.05) is 0 Å². The molecule has 0 atom stereocenters. The first-order valence-electron chi connectivity index (χ1n) is 2.80. The van der Waals surface area contributed by atoms with Crippen molar-refractivity contribution in [1.82, 2.24) is 9.55 Å². The Hall–Kier alpha value is -0.640. The van der Waals surface area contributed by atoms with Crippen LogP contribution in [0.1, 0.15) is 5.69 Å². The number of hydrogen-bond donors (Lipinski definition) is 0. The molecule has 1 aromatic heterocycles. The Kier molecular flexibility index (Phi) is 1.89. The SMILES string of the molecule is Cc1ncn(C)c(=O)c1Br. The van der Waals surface area contributed by atoms with Crippen LogP contribution in [-0.2, 0) is 7.05 Å². The molecule has 0 saturated carbocycles. The minimum absolute atomic E-state index is 0.0486. The van der Waals surface area contributed by atoms with Crippen molar-refractivity contribution >= 4 is 15.9 Å². The van der Waals surface area contributed by atoms with E-state index in [9.17, 15) is 4.79 Å².